The number of aromatic nitrogens is 1. The highest BCUT2D eigenvalue weighted by atomic mass is 32.1. The second-order valence-electron chi connectivity index (χ2n) is 9.70. The Balaban J connectivity index is 1.58. The third-order valence-corrected chi connectivity index (χ3v) is 6.51. The van der Waals surface area contributed by atoms with Crippen LogP contribution in [-0.2, 0) is 11.2 Å². The summed E-state index contributed by atoms with van der Waals surface area (Å²) in [6.45, 7) is 9.67. The van der Waals surface area contributed by atoms with Gasteiger partial charge in [-0.1, -0.05) is 18.2 Å². The van der Waals surface area contributed by atoms with Gasteiger partial charge in [-0.2, -0.15) is 5.26 Å². The zero-order valence-corrected chi connectivity index (χ0v) is 21.0. The Hall–Kier alpha value is -3.37. The summed E-state index contributed by atoms with van der Waals surface area (Å²) in [7, 11) is 0. The van der Waals surface area contributed by atoms with Crippen molar-refractivity contribution < 1.29 is 14.3 Å². The second kappa shape index (κ2) is 9.47. The van der Waals surface area contributed by atoms with E-state index in [1.165, 1.54) is 5.56 Å². The Kier molecular flexibility index (Phi) is 6.63. The first-order chi connectivity index (χ1) is 16.1. The number of hydrogen-bond acceptors (Lipinski definition) is 6. The zero-order chi connectivity index (χ0) is 24.5. The van der Waals surface area contributed by atoms with Gasteiger partial charge in [0.1, 0.15) is 22.9 Å². The van der Waals surface area contributed by atoms with Crippen molar-refractivity contribution in [2.75, 3.05) is 0 Å². The number of nitrogens with zero attached hydrogens (tertiary/aromatic N) is 2. The number of ether oxygens (including phenoxy) is 2. The largest absolute Gasteiger partial charge is 0.490 e. The Morgan fingerprint density at radius 1 is 1.26 bits per heavy atom. The standard InChI is InChI=1S/C27H29N3O3S/c1-16(2)32-22-11-9-17(13-18(22)14-28)24-15-29-25(34-24)21-8-6-7-20-19(21)10-12-23(20)33-26(31)30-27(3,4)5/h6-9,11,13,15-16,23H,10,12H2,1-5H3,(H,30,31)/t23-/m0/s1. The van der Waals surface area contributed by atoms with E-state index in [-0.39, 0.29) is 17.7 Å². The molecule has 1 heterocycles. The van der Waals surface area contributed by atoms with Crippen molar-refractivity contribution >= 4 is 17.4 Å². The van der Waals surface area contributed by atoms with E-state index in [9.17, 15) is 10.1 Å². The topological polar surface area (TPSA) is 84.2 Å². The third kappa shape index (κ3) is 5.23. The number of thiazole rings is 1. The van der Waals surface area contributed by atoms with E-state index in [1.54, 1.807) is 11.3 Å². The first kappa shape index (κ1) is 23.8. The number of carbonyl (C=O) groups is 1. The molecule has 1 aliphatic carbocycles. The second-order valence-corrected chi connectivity index (χ2v) is 10.7. The van der Waals surface area contributed by atoms with Gasteiger partial charge >= 0.3 is 6.09 Å². The van der Waals surface area contributed by atoms with Crippen LogP contribution in [0.15, 0.2) is 42.6 Å². The summed E-state index contributed by atoms with van der Waals surface area (Å²) < 4.78 is 11.5. The van der Waals surface area contributed by atoms with E-state index < -0.39 is 6.09 Å². The molecule has 6 nitrogen and oxygen atoms in total. The fourth-order valence-corrected chi connectivity index (χ4v) is 5.03. The Bertz CT molecular complexity index is 1250. The van der Waals surface area contributed by atoms with Crippen LogP contribution in [0.5, 0.6) is 5.75 Å². The lowest BCUT2D eigenvalue weighted by Crippen LogP contribution is -2.41. The molecule has 2 aromatic carbocycles. The third-order valence-electron chi connectivity index (χ3n) is 5.43. The van der Waals surface area contributed by atoms with Crippen molar-refractivity contribution in [1.29, 1.82) is 5.26 Å². The van der Waals surface area contributed by atoms with Crippen molar-refractivity contribution in [3.63, 3.8) is 0 Å². The average Bonchev–Trinajstić information content (AvgIpc) is 3.40. The number of benzene rings is 2. The van der Waals surface area contributed by atoms with E-state index in [0.717, 1.165) is 39.4 Å². The van der Waals surface area contributed by atoms with Crippen LogP contribution in [0.1, 0.15) is 63.8 Å². The predicted molar refractivity (Wildman–Crippen MR) is 134 cm³/mol. The lowest BCUT2D eigenvalue weighted by atomic mass is 10.0. The van der Waals surface area contributed by atoms with Crippen molar-refractivity contribution in [2.24, 2.45) is 0 Å². The van der Waals surface area contributed by atoms with E-state index >= 15 is 0 Å². The molecule has 34 heavy (non-hydrogen) atoms. The first-order valence-corrected chi connectivity index (χ1v) is 12.2. The van der Waals surface area contributed by atoms with Gasteiger partial charge in [-0.05, 0) is 82.3 Å². The Labute approximate surface area is 204 Å². The van der Waals surface area contributed by atoms with E-state index in [4.69, 9.17) is 9.47 Å². The molecule has 176 valence electrons. The van der Waals surface area contributed by atoms with Crippen molar-refractivity contribution in [3.8, 4) is 32.8 Å². The predicted octanol–water partition coefficient (Wildman–Crippen LogP) is 6.65. The molecular weight excluding hydrogens is 446 g/mol. The smallest absolute Gasteiger partial charge is 0.408 e. The molecule has 0 aliphatic heterocycles. The minimum absolute atomic E-state index is 0.000440. The molecule has 0 saturated heterocycles. The van der Waals surface area contributed by atoms with Crippen molar-refractivity contribution in [1.82, 2.24) is 10.3 Å². The molecule has 1 aromatic heterocycles. The van der Waals surface area contributed by atoms with Gasteiger partial charge in [-0.15, -0.1) is 11.3 Å². The first-order valence-electron chi connectivity index (χ1n) is 11.4. The lowest BCUT2D eigenvalue weighted by Gasteiger charge is -2.22. The molecule has 4 rings (SSSR count). The van der Waals surface area contributed by atoms with Crippen LogP contribution in [0.3, 0.4) is 0 Å². The van der Waals surface area contributed by atoms with Crippen molar-refractivity contribution in [3.05, 3.63) is 59.3 Å². The number of fused-ring (bicyclic) bond motifs is 1. The SMILES string of the molecule is CC(C)Oc1ccc(-c2cnc(-c3cccc4c3CC[C@@H]4OC(=O)NC(C)(C)C)s2)cc1C#N. The summed E-state index contributed by atoms with van der Waals surface area (Å²) in [6.07, 6.45) is 2.77. The van der Waals surface area contributed by atoms with Gasteiger partial charge in [0.05, 0.1) is 16.5 Å². The van der Waals surface area contributed by atoms with Crippen LogP contribution < -0.4 is 10.1 Å². The van der Waals surface area contributed by atoms with Gasteiger partial charge in [-0.25, -0.2) is 9.78 Å². The monoisotopic (exact) mass is 475 g/mol. The minimum atomic E-state index is -0.398. The molecule has 7 heteroatoms. The van der Waals surface area contributed by atoms with Gasteiger partial charge in [0.2, 0.25) is 0 Å². The minimum Gasteiger partial charge on any atom is -0.490 e. The maximum absolute atomic E-state index is 12.3. The lowest BCUT2D eigenvalue weighted by molar-refractivity contribution is 0.0918. The van der Waals surface area contributed by atoms with Gasteiger partial charge in [-0.3, -0.25) is 0 Å². The highest BCUT2D eigenvalue weighted by Crippen LogP contribution is 2.42. The molecule has 1 N–H and O–H groups in total. The highest BCUT2D eigenvalue weighted by Gasteiger charge is 2.29. The molecule has 0 spiro atoms. The summed E-state index contributed by atoms with van der Waals surface area (Å²) in [6, 6.07) is 14.0. The number of nitriles is 1. The van der Waals surface area contributed by atoms with Crippen molar-refractivity contribution in [2.45, 2.75) is 65.2 Å². The molecule has 0 bridgehead atoms. The molecule has 0 saturated carbocycles. The number of hydrogen-bond donors (Lipinski definition) is 1. The normalized spacial score (nSPS) is 15.0. The quantitative estimate of drug-likeness (QED) is 0.447. The average molecular weight is 476 g/mol. The van der Waals surface area contributed by atoms with E-state index in [2.05, 4.69) is 22.4 Å². The van der Waals surface area contributed by atoms with Crippen LogP contribution >= 0.6 is 11.3 Å². The summed E-state index contributed by atoms with van der Waals surface area (Å²) in [5, 5.41) is 13.3. The van der Waals surface area contributed by atoms with Crippen LogP contribution in [-0.4, -0.2) is 22.7 Å². The number of nitrogens with one attached hydrogen (secondary N) is 1. The van der Waals surface area contributed by atoms with Gasteiger partial charge in [0.15, 0.2) is 0 Å². The van der Waals surface area contributed by atoms with Gasteiger partial charge < -0.3 is 14.8 Å². The molecule has 0 fully saturated rings. The molecule has 1 atom stereocenters. The molecule has 0 unspecified atom stereocenters. The number of rotatable bonds is 5. The number of carbonyl (C=O) groups excluding carboxylic acids is 1. The molecule has 3 aromatic rings. The Morgan fingerprint density at radius 2 is 2.06 bits per heavy atom. The highest BCUT2D eigenvalue weighted by molar-refractivity contribution is 7.18. The number of amides is 1. The van der Waals surface area contributed by atoms with Gasteiger partial charge in [0, 0.05) is 17.3 Å². The maximum Gasteiger partial charge on any atom is 0.408 e. The molecular formula is C27H29N3O3S. The summed E-state index contributed by atoms with van der Waals surface area (Å²) in [4.78, 5) is 18.0. The fraction of sp³-hybridized carbons (Fsp3) is 0.370. The van der Waals surface area contributed by atoms with Crippen LogP contribution in [0.4, 0.5) is 4.79 Å². The van der Waals surface area contributed by atoms with Crippen LogP contribution in [0, 0.1) is 11.3 Å². The fourth-order valence-electron chi connectivity index (χ4n) is 4.06. The summed E-state index contributed by atoms with van der Waals surface area (Å²) >= 11 is 1.59. The summed E-state index contributed by atoms with van der Waals surface area (Å²) in [5.41, 5.74) is 4.38. The van der Waals surface area contributed by atoms with E-state index in [0.29, 0.717) is 11.3 Å². The van der Waals surface area contributed by atoms with Gasteiger partial charge in [0.25, 0.3) is 0 Å². The molecule has 0 radical (unpaired) electrons. The molecule has 1 aliphatic rings. The zero-order valence-electron chi connectivity index (χ0n) is 20.1. The van der Waals surface area contributed by atoms with E-state index in [1.807, 2.05) is 71.1 Å². The number of alkyl carbamates (subject to hydrolysis) is 1. The summed E-state index contributed by atoms with van der Waals surface area (Å²) in [5.74, 6) is 0.591. The van der Waals surface area contributed by atoms with Crippen LogP contribution in [0.2, 0.25) is 0 Å². The Morgan fingerprint density at radius 3 is 2.76 bits per heavy atom. The maximum atomic E-state index is 12.3. The molecule has 1 amide bonds. The van der Waals surface area contributed by atoms with Crippen LogP contribution in [0.25, 0.3) is 21.0 Å².